The lowest BCUT2D eigenvalue weighted by Crippen LogP contribution is -2.15. The molecule has 1 heterocycles. The largest absolute Gasteiger partial charge is 0.435 e. The summed E-state index contributed by atoms with van der Waals surface area (Å²) in [4.78, 5) is 3.49. The van der Waals surface area contributed by atoms with Crippen LogP contribution in [0.4, 0.5) is 18.9 Å². The first-order chi connectivity index (χ1) is 8.38. The molecular weight excluding hydrogens is 241 g/mol. The van der Waals surface area contributed by atoms with Crippen LogP contribution in [0.15, 0.2) is 12.3 Å². The minimum atomic E-state index is -4.47. The minimum absolute atomic E-state index is 0.265. The van der Waals surface area contributed by atoms with Crippen molar-refractivity contribution in [2.24, 2.45) is 5.92 Å². The summed E-state index contributed by atoms with van der Waals surface area (Å²) in [5.74, 6) is 1.01. The quantitative estimate of drug-likeness (QED) is 0.827. The van der Waals surface area contributed by atoms with Crippen molar-refractivity contribution in [3.8, 4) is 0 Å². The van der Waals surface area contributed by atoms with Gasteiger partial charge in [0, 0.05) is 6.20 Å². The molecule has 0 amide bonds. The Hall–Kier alpha value is -1.26. The highest BCUT2D eigenvalue weighted by atomic mass is 19.4. The number of rotatable bonds is 1. The molecule has 0 spiro atoms. The number of hydrogen-bond acceptors (Lipinski definition) is 2. The molecule has 100 valence electrons. The number of nitrogens with two attached hydrogens (primary N) is 1. The van der Waals surface area contributed by atoms with E-state index in [4.69, 9.17) is 5.73 Å². The Morgan fingerprint density at radius 2 is 1.83 bits per heavy atom. The van der Waals surface area contributed by atoms with Crippen LogP contribution in [-0.2, 0) is 6.18 Å². The molecule has 1 aromatic heterocycles. The van der Waals surface area contributed by atoms with Gasteiger partial charge in [-0.15, -0.1) is 0 Å². The van der Waals surface area contributed by atoms with Gasteiger partial charge < -0.3 is 5.73 Å². The Kier molecular flexibility index (Phi) is 3.50. The molecule has 0 bridgehead atoms. The molecule has 1 aromatic rings. The van der Waals surface area contributed by atoms with Crippen LogP contribution in [0.2, 0.25) is 0 Å². The summed E-state index contributed by atoms with van der Waals surface area (Å²) in [6.45, 7) is 2.20. The molecule has 2 rings (SSSR count). The fourth-order valence-corrected chi connectivity index (χ4v) is 2.55. The average molecular weight is 258 g/mol. The number of aromatic nitrogens is 1. The molecule has 1 aliphatic carbocycles. The highest BCUT2D eigenvalue weighted by Crippen LogP contribution is 2.38. The van der Waals surface area contributed by atoms with Gasteiger partial charge in [-0.1, -0.05) is 19.8 Å². The van der Waals surface area contributed by atoms with Gasteiger partial charge in [-0.2, -0.15) is 13.2 Å². The SMILES string of the molecule is CC1CCC(c2cnc(C(F)(F)F)c(N)c2)CC1. The maximum atomic E-state index is 12.5. The van der Waals surface area contributed by atoms with Crippen LogP contribution in [0, 0.1) is 5.92 Å². The molecule has 18 heavy (non-hydrogen) atoms. The van der Waals surface area contributed by atoms with Crippen molar-refractivity contribution in [2.45, 2.75) is 44.7 Å². The fourth-order valence-electron chi connectivity index (χ4n) is 2.55. The van der Waals surface area contributed by atoms with E-state index >= 15 is 0 Å². The van der Waals surface area contributed by atoms with Crippen LogP contribution in [-0.4, -0.2) is 4.98 Å². The number of nitrogens with zero attached hydrogens (tertiary/aromatic N) is 1. The molecule has 2 N–H and O–H groups in total. The van der Waals surface area contributed by atoms with E-state index in [0.29, 0.717) is 11.8 Å². The van der Waals surface area contributed by atoms with E-state index < -0.39 is 11.9 Å². The van der Waals surface area contributed by atoms with Crippen molar-refractivity contribution >= 4 is 5.69 Å². The summed E-state index contributed by atoms with van der Waals surface area (Å²) in [7, 11) is 0. The first kappa shape index (κ1) is 13.2. The molecule has 0 saturated heterocycles. The normalized spacial score (nSPS) is 25.1. The number of pyridine rings is 1. The number of hydrogen-bond donors (Lipinski definition) is 1. The van der Waals surface area contributed by atoms with Gasteiger partial charge in [-0.25, -0.2) is 4.98 Å². The number of anilines is 1. The lowest BCUT2D eigenvalue weighted by molar-refractivity contribution is -0.140. The van der Waals surface area contributed by atoms with Crippen molar-refractivity contribution < 1.29 is 13.2 Å². The third-order valence-corrected chi connectivity index (χ3v) is 3.69. The molecule has 5 heteroatoms. The Morgan fingerprint density at radius 3 is 2.33 bits per heavy atom. The Morgan fingerprint density at radius 1 is 1.22 bits per heavy atom. The van der Waals surface area contributed by atoms with Gasteiger partial charge in [0.1, 0.15) is 0 Å². The van der Waals surface area contributed by atoms with Crippen molar-refractivity contribution in [3.05, 3.63) is 23.5 Å². The predicted molar refractivity (Wildman–Crippen MR) is 64.0 cm³/mol. The zero-order chi connectivity index (χ0) is 13.3. The summed E-state index contributed by atoms with van der Waals surface area (Å²) in [6.07, 6.45) is 1.11. The van der Waals surface area contributed by atoms with Crippen molar-refractivity contribution in [3.63, 3.8) is 0 Å². The molecule has 1 fully saturated rings. The van der Waals surface area contributed by atoms with Crippen molar-refractivity contribution in [1.82, 2.24) is 4.98 Å². The van der Waals surface area contributed by atoms with Crippen LogP contribution in [0.3, 0.4) is 0 Å². The molecule has 1 aliphatic rings. The van der Waals surface area contributed by atoms with E-state index in [9.17, 15) is 13.2 Å². The summed E-state index contributed by atoms with van der Waals surface area (Å²) in [6, 6.07) is 1.44. The monoisotopic (exact) mass is 258 g/mol. The lowest BCUT2D eigenvalue weighted by Gasteiger charge is -2.26. The van der Waals surface area contributed by atoms with Crippen LogP contribution in [0.1, 0.15) is 49.8 Å². The molecule has 2 nitrogen and oxygen atoms in total. The van der Waals surface area contributed by atoms with E-state index in [2.05, 4.69) is 11.9 Å². The standard InChI is InChI=1S/C13H17F3N2/c1-8-2-4-9(5-3-8)10-6-11(17)12(18-7-10)13(14,15)16/h6-9H,2-5,17H2,1H3. The molecule has 0 radical (unpaired) electrons. The van der Waals surface area contributed by atoms with E-state index in [1.54, 1.807) is 0 Å². The number of alkyl halides is 3. The molecule has 0 unspecified atom stereocenters. The second kappa shape index (κ2) is 4.78. The lowest BCUT2D eigenvalue weighted by atomic mass is 9.80. The maximum Gasteiger partial charge on any atom is 0.435 e. The smallest absolute Gasteiger partial charge is 0.397 e. The van der Waals surface area contributed by atoms with E-state index in [1.165, 1.54) is 12.3 Å². The summed E-state index contributed by atoms with van der Waals surface area (Å²) >= 11 is 0. The Balaban J connectivity index is 2.19. The molecular formula is C13H17F3N2. The molecule has 1 saturated carbocycles. The highest BCUT2D eigenvalue weighted by Gasteiger charge is 2.35. The fraction of sp³-hybridized carbons (Fsp3) is 0.615. The van der Waals surface area contributed by atoms with Gasteiger partial charge in [0.2, 0.25) is 0 Å². The van der Waals surface area contributed by atoms with E-state index in [-0.39, 0.29) is 5.69 Å². The third-order valence-electron chi connectivity index (χ3n) is 3.69. The minimum Gasteiger partial charge on any atom is -0.397 e. The van der Waals surface area contributed by atoms with Gasteiger partial charge in [-0.05, 0) is 36.3 Å². The highest BCUT2D eigenvalue weighted by molar-refractivity contribution is 5.47. The number of halogens is 3. The number of nitrogen functional groups attached to an aromatic ring is 1. The van der Waals surface area contributed by atoms with E-state index in [1.807, 2.05) is 0 Å². The Labute approximate surface area is 104 Å². The predicted octanol–water partition coefficient (Wildman–Crippen LogP) is 3.98. The zero-order valence-electron chi connectivity index (χ0n) is 10.3. The summed E-state index contributed by atoms with van der Waals surface area (Å²) in [5.41, 5.74) is 5.06. The van der Waals surface area contributed by atoms with Gasteiger partial charge in [0.15, 0.2) is 5.69 Å². The molecule has 0 aromatic carbocycles. The van der Waals surface area contributed by atoms with Crippen LogP contribution >= 0.6 is 0 Å². The van der Waals surface area contributed by atoms with Crippen molar-refractivity contribution in [2.75, 3.05) is 5.73 Å². The van der Waals surface area contributed by atoms with E-state index in [0.717, 1.165) is 31.2 Å². The van der Waals surface area contributed by atoms with Crippen LogP contribution < -0.4 is 5.73 Å². The van der Waals surface area contributed by atoms with Gasteiger partial charge >= 0.3 is 6.18 Å². The second-order valence-corrected chi connectivity index (χ2v) is 5.16. The average Bonchev–Trinajstić information content (AvgIpc) is 2.28. The molecule has 0 atom stereocenters. The third kappa shape index (κ3) is 2.76. The first-order valence-electron chi connectivity index (χ1n) is 6.20. The van der Waals surface area contributed by atoms with Crippen LogP contribution in [0.25, 0.3) is 0 Å². The summed E-state index contributed by atoms with van der Waals surface area (Å²) < 4.78 is 37.6. The van der Waals surface area contributed by atoms with Crippen molar-refractivity contribution in [1.29, 1.82) is 0 Å². The topological polar surface area (TPSA) is 38.9 Å². The van der Waals surface area contributed by atoms with Gasteiger partial charge in [0.25, 0.3) is 0 Å². The van der Waals surface area contributed by atoms with Crippen LogP contribution in [0.5, 0.6) is 0 Å². The zero-order valence-corrected chi connectivity index (χ0v) is 10.3. The Bertz CT molecular complexity index is 421. The maximum absolute atomic E-state index is 12.5. The summed E-state index contributed by atoms with van der Waals surface area (Å²) in [5, 5.41) is 0. The second-order valence-electron chi connectivity index (χ2n) is 5.16. The first-order valence-corrected chi connectivity index (χ1v) is 6.20. The molecule has 0 aliphatic heterocycles. The van der Waals surface area contributed by atoms with Gasteiger partial charge in [-0.3, -0.25) is 0 Å². The van der Waals surface area contributed by atoms with Gasteiger partial charge in [0.05, 0.1) is 5.69 Å².